The first-order valence-electron chi connectivity index (χ1n) is 7.99. The quantitative estimate of drug-likeness (QED) is 0.898. The number of benzene rings is 1. The van der Waals surface area contributed by atoms with E-state index in [0.29, 0.717) is 18.4 Å². The summed E-state index contributed by atoms with van der Waals surface area (Å²) >= 11 is 0. The van der Waals surface area contributed by atoms with Gasteiger partial charge in [0, 0.05) is 36.4 Å². The summed E-state index contributed by atoms with van der Waals surface area (Å²) in [5.41, 5.74) is 1.07. The second kappa shape index (κ2) is 6.65. The van der Waals surface area contributed by atoms with Gasteiger partial charge < -0.3 is 15.0 Å². The number of hydrogen-bond donors (Lipinski definition) is 1. The molecule has 0 amide bonds. The Bertz CT molecular complexity index is 474. The summed E-state index contributed by atoms with van der Waals surface area (Å²) < 4.78 is 19.4. The number of rotatable bonds is 5. The van der Waals surface area contributed by atoms with Crippen LogP contribution in [0.1, 0.15) is 40.5 Å². The molecular weight excluding hydrogens is 267 g/mol. The Labute approximate surface area is 127 Å². The maximum Gasteiger partial charge on any atom is 0.167 e. The van der Waals surface area contributed by atoms with Crippen LogP contribution in [0.2, 0.25) is 0 Å². The molecule has 3 nitrogen and oxygen atoms in total. The van der Waals surface area contributed by atoms with Crippen molar-refractivity contribution in [1.29, 1.82) is 0 Å². The average molecular weight is 294 g/mol. The maximum absolute atomic E-state index is 14.1. The van der Waals surface area contributed by atoms with Crippen molar-refractivity contribution in [2.24, 2.45) is 0 Å². The molecule has 0 spiro atoms. The Kier molecular flexibility index (Phi) is 5.09. The summed E-state index contributed by atoms with van der Waals surface area (Å²) in [5.74, 6) is 0.0555. The minimum atomic E-state index is -0.279. The number of piperazine rings is 1. The van der Waals surface area contributed by atoms with E-state index >= 15 is 0 Å². The zero-order chi connectivity index (χ0) is 15.5. The van der Waals surface area contributed by atoms with Gasteiger partial charge in [-0.15, -0.1) is 0 Å². The van der Waals surface area contributed by atoms with E-state index in [4.69, 9.17) is 4.74 Å². The van der Waals surface area contributed by atoms with Crippen molar-refractivity contribution in [1.82, 2.24) is 5.32 Å². The summed E-state index contributed by atoms with van der Waals surface area (Å²) in [6.07, 6.45) is 2.15. The first-order chi connectivity index (χ1) is 10.0. The Morgan fingerprint density at radius 2 is 2.05 bits per heavy atom. The third-order valence-corrected chi connectivity index (χ3v) is 4.68. The van der Waals surface area contributed by atoms with Gasteiger partial charge >= 0.3 is 0 Å². The predicted molar refractivity (Wildman–Crippen MR) is 85.7 cm³/mol. The van der Waals surface area contributed by atoms with Crippen molar-refractivity contribution in [2.45, 2.75) is 52.1 Å². The summed E-state index contributed by atoms with van der Waals surface area (Å²) in [6, 6.07) is 5.66. The Morgan fingerprint density at radius 1 is 1.33 bits per heavy atom. The number of halogens is 1. The third kappa shape index (κ3) is 3.31. The molecule has 1 heterocycles. The fraction of sp³-hybridized carbons (Fsp3) is 0.647. The van der Waals surface area contributed by atoms with Crippen molar-refractivity contribution in [2.75, 3.05) is 24.6 Å². The highest BCUT2D eigenvalue weighted by Gasteiger charge is 2.35. The van der Waals surface area contributed by atoms with E-state index in [-0.39, 0.29) is 11.4 Å². The van der Waals surface area contributed by atoms with Gasteiger partial charge in [-0.2, -0.15) is 0 Å². The molecule has 1 N–H and O–H groups in total. The summed E-state index contributed by atoms with van der Waals surface area (Å²) in [5, 5.41) is 3.67. The first kappa shape index (κ1) is 16.1. The molecule has 2 rings (SSSR count). The van der Waals surface area contributed by atoms with Gasteiger partial charge in [-0.25, -0.2) is 4.39 Å². The molecule has 118 valence electrons. The van der Waals surface area contributed by atoms with Crippen LogP contribution in [0.3, 0.4) is 0 Å². The molecule has 1 atom stereocenters. The van der Waals surface area contributed by atoms with E-state index in [9.17, 15) is 4.39 Å². The van der Waals surface area contributed by atoms with Crippen molar-refractivity contribution in [3.63, 3.8) is 0 Å². The van der Waals surface area contributed by atoms with E-state index in [1.54, 1.807) is 12.1 Å². The molecular formula is C17H27FN2O. The van der Waals surface area contributed by atoms with Gasteiger partial charge in [0.15, 0.2) is 11.6 Å². The van der Waals surface area contributed by atoms with Gasteiger partial charge in [0.1, 0.15) is 0 Å². The van der Waals surface area contributed by atoms with E-state index < -0.39 is 0 Å². The summed E-state index contributed by atoms with van der Waals surface area (Å²) in [4.78, 5) is 2.31. The van der Waals surface area contributed by atoms with Crippen LogP contribution in [0.25, 0.3) is 0 Å². The van der Waals surface area contributed by atoms with Crippen LogP contribution < -0.4 is 15.0 Å². The first-order valence-corrected chi connectivity index (χ1v) is 7.99. The standard InChI is InChI=1S/C17H27FN2O/c1-5-17(6-2)12-20(13(4)11-19-17)14-8-9-16(21-7-3)15(18)10-14/h8-10,13,19H,5-7,11-12H2,1-4H3. The van der Waals surface area contributed by atoms with Crippen LogP contribution in [-0.4, -0.2) is 31.3 Å². The van der Waals surface area contributed by atoms with Gasteiger partial charge in [0.2, 0.25) is 0 Å². The highest BCUT2D eigenvalue weighted by molar-refractivity contribution is 5.51. The monoisotopic (exact) mass is 294 g/mol. The van der Waals surface area contributed by atoms with E-state index in [1.165, 1.54) is 0 Å². The van der Waals surface area contributed by atoms with E-state index in [2.05, 4.69) is 31.0 Å². The normalized spacial score (nSPS) is 21.4. The Balaban J connectivity index is 2.24. The van der Waals surface area contributed by atoms with E-state index in [0.717, 1.165) is 31.6 Å². The van der Waals surface area contributed by atoms with Crippen molar-refractivity contribution < 1.29 is 9.13 Å². The zero-order valence-electron chi connectivity index (χ0n) is 13.6. The average Bonchev–Trinajstić information content (AvgIpc) is 2.50. The lowest BCUT2D eigenvalue weighted by Gasteiger charge is -2.47. The Hall–Kier alpha value is -1.29. The lowest BCUT2D eigenvalue weighted by molar-refractivity contribution is 0.253. The van der Waals surface area contributed by atoms with Crippen LogP contribution >= 0.6 is 0 Å². The number of nitrogens with zero attached hydrogens (tertiary/aromatic N) is 1. The number of hydrogen-bond acceptors (Lipinski definition) is 3. The third-order valence-electron chi connectivity index (χ3n) is 4.68. The number of ether oxygens (including phenoxy) is 1. The van der Waals surface area contributed by atoms with Crippen LogP contribution in [-0.2, 0) is 0 Å². The van der Waals surface area contributed by atoms with Crippen LogP contribution in [0.4, 0.5) is 10.1 Å². The smallest absolute Gasteiger partial charge is 0.167 e. The van der Waals surface area contributed by atoms with Crippen LogP contribution in [0.5, 0.6) is 5.75 Å². The fourth-order valence-corrected chi connectivity index (χ4v) is 3.02. The highest BCUT2D eigenvalue weighted by Crippen LogP contribution is 2.30. The van der Waals surface area contributed by atoms with E-state index in [1.807, 2.05) is 13.0 Å². The van der Waals surface area contributed by atoms with Crippen LogP contribution in [0, 0.1) is 5.82 Å². The highest BCUT2D eigenvalue weighted by atomic mass is 19.1. The summed E-state index contributed by atoms with van der Waals surface area (Å²) in [6.45, 7) is 10.8. The van der Waals surface area contributed by atoms with Crippen molar-refractivity contribution >= 4 is 5.69 Å². The van der Waals surface area contributed by atoms with Gasteiger partial charge in [0.25, 0.3) is 0 Å². The molecule has 1 aliphatic heterocycles. The Morgan fingerprint density at radius 3 is 2.62 bits per heavy atom. The van der Waals surface area contributed by atoms with Gasteiger partial charge in [-0.05, 0) is 38.8 Å². The minimum absolute atomic E-state index is 0.127. The molecule has 1 saturated heterocycles. The topological polar surface area (TPSA) is 24.5 Å². The van der Waals surface area contributed by atoms with Gasteiger partial charge in [-0.3, -0.25) is 0 Å². The molecule has 0 aliphatic carbocycles. The van der Waals surface area contributed by atoms with Crippen molar-refractivity contribution in [3.05, 3.63) is 24.0 Å². The molecule has 0 bridgehead atoms. The zero-order valence-corrected chi connectivity index (χ0v) is 13.6. The molecule has 21 heavy (non-hydrogen) atoms. The second-order valence-corrected chi connectivity index (χ2v) is 5.89. The molecule has 0 saturated carbocycles. The van der Waals surface area contributed by atoms with Crippen molar-refractivity contribution in [3.8, 4) is 5.75 Å². The molecule has 1 fully saturated rings. The molecule has 0 aromatic heterocycles. The predicted octanol–water partition coefficient (Wildman–Crippen LogP) is 3.58. The number of anilines is 1. The molecule has 1 aromatic rings. The van der Waals surface area contributed by atoms with Gasteiger partial charge in [0.05, 0.1) is 6.61 Å². The maximum atomic E-state index is 14.1. The molecule has 1 unspecified atom stereocenters. The molecule has 1 aromatic carbocycles. The van der Waals surface area contributed by atoms with Gasteiger partial charge in [-0.1, -0.05) is 13.8 Å². The second-order valence-electron chi connectivity index (χ2n) is 5.89. The molecule has 0 radical (unpaired) electrons. The summed E-state index contributed by atoms with van der Waals surface area (Å²) in [7, 11) is 0. The SMILES string of the molecule is CCOc1ccc(N2CC(CC)(CC)NCC2C)cc1F. The minimum Gasteiger partial charge on any atom is -0.491 e. The lowest BCUT2D eigenvalue weighted by atomic mass is 9.88. The van der Waals surface area contributed by atoms with Crippen LogP contribution in [0.15, 0.2) is 18.2 Å². The molecule has 1 aliphatic rings. The lowest BCUT2D eigenvalue weighted by Crippen LogP contribution is -2.63. The largest absolute Gasteiger partial charge is 0.491 e. The molecule has 4 heteroatoms. The fourth-order valence-electron chi connectivity index (χ4n) is 3.02. The number of nitrogens with one attached hydrogen (secondary N) is 1.